The molecule has 178 valence electrons. The number of benzene rings is 2. The van der Waals surface area contributed by atoms with Crippen molar-refractivity contribution in [2.75, 3.05) is 30.4 Å². The molecule has 1 aromatic heterocycles. The second-order valence-corrected chi connectivity index (χ2v) is 10.4. The number of rotatable bonds is 6. The third kappa shape index (κ3) is 5.15. The number of amides is 1. The maximum Gasteiger partial charge on any atom is 0.227 e. The van der Waals surface area contributed by atoms with E-state index in [1.165, 1.54) is 13.2 Å². The highest BCUT2D eigenvalue weighted by Gasteiger charge is 2.27. The van der Waals surface area contributed by atoms with Crippen LogP contribution in [0.4, 0.5) is 11.5 Å². The van der Waals surface area contributed by atoms with Crippen molar-refractivity contribution in [2.24, 2.45) is 5.92 Å². The quantitative estimate of drug-likeness (QED) is 0.542. The molecule has 34 heavy (non-hydrogen) atoms. The third-order valence-corrected chi connectivity index (χ3v) is 7.80. The normalized spacial score (nSPS) is 14.6. The van der Waals surface area contributed by atoms with E-state index in [1.54, 1.807) is 48.5 Å². The number of nitrogens with one attached hydrogen (secondary N) is 1. The molecule has 8 nitrogen and oxygen atoms in total. The van der Waals surface area contributed by atoms with Gasteiger partial charge < -0.3 is 15.0 Å². The Morgan fingerprint density at radius 2 is 1.76 bits per heavy atom. The Bertz CT molecular complexity index is 1270. The van der Waals surface area contributed by atoms with Gasteiger partial charge in [-0.05, 0) is 62.2 Å². The number of halogens is 1. The molecule has 1 N–H and O–H groups in total. The Hall–Kier alpha value is -3.17. The maximum atomic E-state index is 12.8. The molecule has 0 unspecified atom stereocenters. The van der Waals surface area contributed by atoms with Gasteiger partial charge in [0.15, 0.2) is 10.8 Å². The van der Waals surface area contributed by atoms with Gasteiger partial charge in [0.05, 0.1) is 17.0 Å². The highest BCUT2D eigenvalue weighted by Crippen LogP contribution is 2.29. The summed E-state index contributed by atoms with van der Waals surface area (Å²) in [5.41, 5.74) is 1.60. The number of carbonyl (C=O) groups is 1. The summed E-state index contributed by atoms with van der Waals surface area (Å²) in [7, 11) is -2.19. The molecule has 0 atom stereocenters. The van der Waals surface area contributed by atoms with Crippen LogP contribution in [-0.4, -0.2) is 44.7 Å². The lowest BCUT2D eigenvalue weighted by Crippen LogP contribution is -2.38. The fourth-order valence-electron chi connectivity index (χ4n) is 3.82. The van der Waals surface area contributed by atoms with Crippen LogP contribution in [-0.2, 0) is 14.6 Å². The molecule has 0 radical (unpaired) electrons. The molecular formula is C24H25ClN4O4S. The van der Waals surface area contributed by atoms with Gasteiger partial charge >= 0.3 is 0 Å². The maximum absolute atomic E-state index is 12.8. The van der Waals surface area contributed by atoms with Crippen LogP contribution in [0.1, 0.15) is 18.4 Å². The van der Waals surface area contributed by atoms with Gasteiger partial charge in [0.1, 0.15) is 5.75 Å². The Labute approximate surface area is 203 Å². The van der Waals surface area contributed by atoms with Crippen LogP contribution in [0, 0.1) is 12.8 Å². The van der Waals surface area contributed by atoms with Crippen molar-refractivity contribution in [2.45, 2.75) is 29.7 Å². The zero-order valence-electron chi connectivity index (χ0n) is 18.9. The monoisotopic (exact) mass is 500 g/mol. The number of ether oxygens (including phenoxy) is 1. The summed E-state index contributed by atoms with van der Waals surface area (Å²) in [4.78, 5) is 14.9. The molecule has 1 aliphatic rings. The number of aromatic nitrogens is 2. The lowest BCUT2D eigenvalue weighted by molar-refractivity contribution is -0.120. The minimum atomic E-state index is -3.72. The second kappa shape index (κ2) is 9.99. The molecule has 1 aliphatic heterocycles. The van der Waals surface area contributed by atoms with E-state index in [2.05, 4.69) is 15.5 Å². The Kier molecular flexibility index (Phi) is 7.04. The predicted octanol–water partition coefficient (Wildman–Crippen LogP) is 4.13. The molecular weight excluding hydrogens is 476 g/mol. The van der Waals surface area contributed by atoms with Crippen molar-refractivity contribution >= 4 is 38.9 Å². The summed E-state index contributed by atoms with van der Waals surface area (Å²) >= 11 is 6.13. The van der Waals surface area contributed by atoms with Gasteiger partial charge in [-0.3, -0.25) is 4.79 Å². The molecule has 4 rings (SSSR count). The van der Waals surface area contributed by atoms with Crippen LogP contribution in [0.15, 0.2) is 64.5 Å². The lowest BCUT2D eigenvalue weighted by Gasteiger charge is -2.31. The molecule has 1 fully saturated rings. The first-order valence-corrected chi connectivity index (χ1v) is 12.7. The molecule has 3 aromatic rings. The van der Waals surface area contributed by atoms with Crippen LogP contribution >= 0.6 is 11.6 Å². The number of carbonyl (C=O) groups excluding carboxylic acids is 1. The first-order valence-electron chi connectivity index (χ1n) is 10.8. The van der Waals surface area contributed by atoms with E-state index in [0.717, 1.165) is 5.56 Å². The van der Waals surface area contributed by atoms with E-state index in [-0.39, 0.29) is 21.7 Å². The fourth-order valence-corrected chi connectivity index (χ4v) is 5.21. The lowest BCUT2D eigenvalue weighted by atomic mass is 9.96. The smallest absolute Gasteiger partial charge is 0.227 e. The van der Waals surface area contributed by atoms with Gasteiger partial charge in [0.2, 0.25) is 15.7 Å². The molecule has 1 amide bonds. The van der Waals surface area contributed by atoms with E-state index >= 15 is 0 Å². The number of piperidine rings is 1. The van der Waals surface area contributed by atoms with Crippen LogP contribution in [0.2, 0.25) is 5.02 Å². The third-order valence-electron chi connectivity index (χ3n) is 5.84. The molecule has 2 aromatic carbocycles. The van der Waals surface area contributed by atoms with Crippen molar-refractivity contribution in [3.05, 3.63) is 65.2 Å². The summed E-state index contributed by atoms with van der Waals surface area (Å²) in [6.07, 6.45) is 1.28. The number of hydrogen-bond donors (Lipinski definition) is 1. The van der Waals surface area contributed by atoms with Gasteiger partial charge in [-0.2, -0.15) is 0 Å². The van der Waals surface area contributed by atoms with Crippen LogP contribution in [0.5, 0.6) is 5.75 Å². The SMILES string of the molecule is COc1ccc(NC(=O)C2CCN(c3ccc(S(=O)(=O)c4ccc(C)cc4)nn3)CC2)cc1Cl. The topological polar surface area (TPSA) is 101 Å². The first kappa shape index (κ1) is 24.0. The standard InChI is InChI=1S/C24H25ClN4O4S/c1-16-3-6-19(7-4-16)34(31,32)23-10-9-22(27-28-23)29-13-11-17(12-14-29)24(30)26-18-5-8-21(33-2)20(25)15-18/h3-10,15,17H,11-14H2,1-2H3,(H,26,30). The molecule has 0 spiro atoms. The molecule has 2 heterocycles. The zero-order valence-corrected chi connectivity index (χ0v) is 20.4. The van der Waals surface area contributed by atoms with E-state index < -0.39 is 9.84 Å². The predicted molar refractivity (Wildman–Crippen MR) is 130 cm³/mol. The van der Waals surface area contributed by atoms with Crippen molar-refractivity contribution < 1.29 is 17.9 Å². The summed E-state index contributed by atoms with van der Waals surface area (Å²) in [6, 6.07) is 14.9. The molecule has 10 heteroatoms. The van der Waals surface area contributed by atoms with Gasteiger partial charge in [-0.25, -0.2) is 8.42 Å². The summed E-state index contributed by atoms with van der Waals surface area (Å²) in [5, 5.41) is 11.4. The molecule has 1 saturated heterocycles. The largest absolute Gasteiger partial charge is 0.495 e. The summed E-state index contributed by atoms with van der Waals surface area (Å²) < 4.78 is 30.7. The van der Waals surface area contributed by atoms with E-state index in [0.29, 0.717) is 48.2 Å². The van der Waals surface area contributed by atoms with Gasteiger partial charge in [-0.1, -0.05) is 29.3 Å². The van der Waals surface area contributed by atoms with E-state index in [4.69, 9.17) is 16.3 Å². The van der Waals surface area contributed by atoms with Gasteiger partial charge in [0.25, 0.3) is 0 Å². The second-order valence-electron chi connectivity index (χ2n) is 8.15. The van der Waals surface area contributed by atoms with Crippen LogP contribution < -0.4 is 15.0 Å². The highest BCUT2D eigenvalue weighted by atomic mass is 35.5. The van der Waals surface area contributed by atoms with Gasteiger partial charge in [-0.15, -0.1) is 10.2 Å². The van der Waals surface area contributed by atoms with Crippen molar-refractivity contribution in [3.63, 3.8) is 0 Å². The minimum Gasteiger partial charge on any atom is -0.495 e. The van der Waals surface area contributed by atoms with Crippen molar-refractivity contribution in [1.29, 1.82) is 0 Å². The number of sulfone groups is 1. The Morgan fingerprint density at radius 3 is 2.35 bits per heavy atom. The van der Waals surface area contributed by atoms with Crippen LogP contribution in [0.25, 0.3) is 0 Å². The fraction of sp³-hybridized carbons (Fsp3) is 0.292. The Morgan fingerprint density at radius 1 is 1.06 bits per heavy atom. The Balaban J connectivity index is 1.36. The van der Waals surface area contributed by atoms with Gasteiger partial charge in [0, 0.05) is 24.7 Å². The van der Waals surface area contributed by atoms with Crippen LogP contribution in [0.3, 0.4) is 0 Å². The highest BCUT2D eigenvalue weighted by molar-refractivity contribution is 7.91. The molecule has 0 aliphatic carbocycles. The van der Waals surface area contributed by atoms with Crippen molar-refractivity contribution in [3.8, 4) is 5.75 Å². The number of aryl methyl sites for hydroxylation is 1. The number of methoxy groups -OCH3 is 1. The summed E-state index contributed by atoms with van der Waals surface area (Å²) in [5.74, 6) is 0.924. The number of hydrogen-bond acceptors (Lipinski definition) is 7. The minimum absolute atomic E-state index is 0.0634. The van der Waals surface area contributed by atoms with E-state index in [1.807, 2.05) is 11.8 Å². The molecule has 0 saturated carbocycles. The average Bonchev–Trinajstić information content (AvgIpc) is 2.84. The summed E-state index contributed by atoms with van der Waals surface area (Å²) in [6.45, 7) is 3.12. The number of anilines is 2. The average molecular weight is 501 g/mol. The first-order chi connectivity index (χ1) is 16.3. The van der Waals surface area contributed by atoms with E-state index in [9.17, 15) is 13.2 Å². The van der Waals surface area contributed by atoms with Crippen molar-refractivity contribution in [1.82, 2.24) is 10.2 Å². The molecule has 0 bridgehead atoms. The number of nitrogens with zero attached hydrogens (tertiary/aromatic N) is 3. The zero-order chi connectivity index (χ0) is 24.3.